The highest BCUT2D eigenvalue weighted by Crippen LogP contribution is 2.73. The Bertz CT molecular complexity index is 796. The van der Waals surface area contributed by atoms with E-state index < -0.39 is 5.60 Å². The van der Waals surface area contributed by atoms with Crippen molar-refractivity contribution in [3.05, 3.63) is 59.1 Å². The Morgan fingerprint density at radius 3 is 2.42 bits per heavy atom. The summed E-state index contributed by atoms with van der Waals surface area (Å²) in [6.45, 7) is 6.96. The highest BCUT2D eigenvalue weighted by atomic mass is 35.5. The molecule has 24 heavy (non-hydrogen) atoms. The van der Waals surface area contributed by atoms with Gasteiger partial charge in [0, 0.05) is 10.4 Å². The van der Waals surface area contributed by atoms with Gasteiger partial charge < -0.3 is 5.11 Å². The molecule has 2 bridgehead atoms. The average molecular weight is 341 g/mol. The van der Waals surface area contributed by atoms with E-state index in [9.17, 15) is 5.11 Å². The molecule has 4 rings (SSSR count). The molecule has 2 aliphatic rings. The van der Waals surface area contributed by atoms with Crippen molar-refractivity contribution in [1.82, 2.24) is 0 Å². The van der Waals surface area contributed by atoms with Gasteiger partial charge in [0.05, 0.1) is 5.60 Å². The molecule has 1 N–H and O–H groups in total. The molecular formula is C22H25ClO. The fourth-order valence-electron chi connectivity index (χ4n) is 5.43. The first-order valence-corrected chi connectivity index (χ1v) is 9.25. The van der Waals surface area contributed by atoms with Gasteiger partial charge >= 0.3 is 0 Å². The van der Waals surface area contributed by atoms with E-state index in [1.165, 1.54) is 6.42 Å². The molecule has 0 aliphatic heterocycles. The van der Waals surface area contributed by atoms with Gasteiger partial charge in [-0.3, -0.25) is 0 Å². The van der Waals surface area contributed by atoms with Crippen molar-refractivity contribution in [2.75, 3.05) is 0 Å². The summed E-state index contributed by atoms with van der Waals surface area (Å²) in [6.07, 6.45) is 3.17. The number of hydrogen-bond donors (Lipinski definition) is 1. The second kappa shape index (κ2) is 5.09. The van der Waals surface area contributed by atoms with Crippen molar-refractivity contribution in [2.45, 2.75) is 45.6 Å². The maximum absolute atomic E-state index is 11.9. The van der Waals surface area contributed by atoms with Crippen molar-refractivity contribution in [1.29, 1.82) is 0 Å². The van der Waals surface area contributed by atoms with Crippen LogP contribution in [0.2, 0.25) is 5.02 Å². The third-order valence-corrected chi connectivity index (χ3v) is 7.63. The Morgan fingerprint density at radius 1 is 1.04 bits per heavy atom. The van der Waals surface area contributed by atoms with Crippen LogP contribution in [0.3, 0.4) is 0 Å². The lowest BCUT2D eigenvalue weighted by atomic mass is 9.61. The van der Waals surface area contributed by atoms with Crippen LogP contribution >= 0.6 is 11.6 Å². The summed E-state index contributed by atoms with van der Waals surface area (Å²) in [5.41, 5.74) is 2.52. The van der Waals surface area contributed by atoms with Gasteiger partial charge in [-0.1, -0.05) is 68.8 Å². The molecule has 2 fully saturated rings. The Morgan fingerprint density at radius 2 is 1.79 bits per heavy atom. The van der Waals surface area contributed by atoms with E-state index in [1.54, 1.807) is 0 Å². The molecule has 2 aliphatic carbocycles. The molecule has 0 aromatic heterocycles. The Balaban J connectivity index is 1.90. The molecule has 0 amide bonds. The monoisotopic (exact) mass is 340 g/mol. The number of halogens is 1. The number of aliphatic hydroxyl groups is 1. The van der Waals surface area contributed by atoms with E-state index in [0.29, 0.717) is 5.92 Å². The molecular weight excluding hydrogens is 316 g/mol. The third-order valence-electron chi connectivity index (χ3n) is 7.40. The zero-order valence-electron chi connectivity index (χ0n) is 14.6. The van der Waals surface area contributed by atoms with Crippen molar-refractivity contribution in [2.24, 2.45) is 16.7 Å². The number of rotatable bonds is 2. The lowest BCUT2D eigenvalue weighted by molar-refractivity contribution is -0.0953. The summed E-state index contributed by atoms with van der Waals surface area (Å²) in [5, 5.41) is 12.7. The first kappa shape index (κ1) is 16.2. The summed E-state index contributed by atoms with van der Waals surface area (Å²) in [5.74, 6) is 0.583. The largest absolute Gasteiger partial charge is 0.385 e. The molecule has 0 saturated heterocycles. The van der Waals surface area contributed by atoms with E-state index in [-0.39, 0.29) is 10.8 Å². The van der Waals surface area contributed by atoms with E-state index in [2.05, 4.69) is 39.0 Å². The summed E-state index contributed by atoms with van der Waals surface area (Å²) in [6, 6.07) is 16.3. The summed E-state index contributed by atoms with van der Waals surface area (Å²) in [4.78, 5) is 0. The minimum atomic E-state index is -0.779. The van der Waals surface area contributed by atoms with E-state index in [4.69, 9.17) is 11.6 Å². The highest BCUT2D eigenvalue weighted by molar-refractivity contribution is 6.30. The van der Waals surface area contributed by atoms with Crippen LogP contribution in [0.25, 0.3) is 11.1 Å². The maximum Gasteiger partial charge on any atom is 0.0963 e. The van der Waals surface area contributed by atoms with E-state index in [1.807, 2.05) is 30.3 Å². The fraction of sp³-hybridized carbons (Fsp3) is 0.455. The second-order valence-corrected chi connectivity index (χ2v) is 8.85. The predicted molar refractivity (Wildman–Crippen MR) is 100 cm³/mol. The molecule has 0 radical (unpaired) electrons. The zero-order valence-corrected chi connectivity index (χ0v) is 15.4. The first-order chi connectivity index (χ1) is 11.3. The summed E-state index contributed by atoms with van der Waals surface area (Å²) >= 11 is 6.21. The molecule has 1 nitrogen and oxygen atoms in total. The first-order valence-electron chi connectivity index (χ1n) is 8.87. The molecule has 0 heterocycles. The number of hydrogen-bond acceptors (Lipinski definition) is 1. The molecule has 2 aromatic carbocycles. The molecule has 3 unspecified atom stereocenters. The maximum atomic E-state index is 11.9. The number of benzene rings is 2. The minimum absolute atomic E-state index is 0.0979. The highest BCUT2D eigenvalue weighted by Gasteiger charge is 2.69. The summed E-state index contributed by atoms with van der Waals surface area (Å²) in [7, 11) is 0. The lowest BCUT2D eigenvalue weighted by Gasteiger charge is -2.46. The summed E-state index contributed by atoms with van der Waals surface area (Å²) < 4.78 is 0. The molecule has 126 valence electrons. The standard InChI is InChI=1S/C22H25ClO/c1-20(2)16-11-12-21(20,3)22(24,14-16)19-10-5-4-9-18(19)15-7-6-8-17(23)13-15/h4-10,13,16,24H,11-12,14H2,1-3H3. The van der Waals surface area contributed by atoms with Crippen molar-refractivity contribution in [3.63, 3.8) is 0 Å². The van der Waals surface area contributed by atoms with Crippen LogP contribution in [-0.4, -0.2) is 5.11 Å². The van der Waals surface area contributed by atoms with E-state index >= 15 is 0 Å². The molecule has 3 atom stereocenters. The smallest absolute Gasteiger partial charge is 0.0963 e. The lowest BCUT2D eigenvalue weighted by Crippen LogP contribution is -2.45. The van der Waals surface area contributed by atoms with Gasteiger partial charge in [-0.25, -0.2) is 0 Å². The van der Waals surface area contributed by atoms with Gasteiger partial charge in [-0.05, 0) is 59.4 Å². The number of fused-ring (bicyclic) bond motifs is 2. The van der Waals surface area contributed by atoms with Crippen molar-refractivity contribution >= 4 is 11.6 Å². The predicted octanol–water partition coefficient (Wildman–Crippen LogP) is 6.04. The molecule has 2 saturated carbocycles. The Labute approximate surface area is 149 Å². The Kier molecular flexibility index (Phi) is 3.43. The van der Waals surface area contributed by atoms with E-state index in [0.717, 1.165) is 34.6 Å². The van der Waals surface area contributed by atoms with Gasteiger partial charge in [0.15, 0.2) is 0 Å². The Hall–Kier alpha value is -1.31. The second-order valence-electron chi connectivity index (χ2n) is 8.41. The van der Waals surface area contributed by atoms with Crippen LogP contribution in [0.15, 0.2) is 48.5 Å². The van der Waals surface area contributed by atoms with Gasteiger partial charge in [0.2, 0.25) is 0 Å². The van der Waals surface area contributed by atoms with Gasteiger partial charge in [0.25, 0.3) is 0 Å². The van der Waals surface area contributed by atoms with Crippen LogP contribution in [-0.2, 0) is 5.60 Å². The van der Waals surface area contributed by atoms with Crippen molar-refractivity contribution in [3.8, 4) is 11.1 Å². The minimum Gasteiger partial charge on any atom is -0.385 e. The molecule has 0 spiro atoms. The average Bonchev–Trinajstić information content (AvgIpc) is 2.87. The fourth-order valence-corrected chi connectivity index (χ4v) is 5.62. The van der Waals surface area contributed by atoms with Crippen LogP contribution < -0.4 is 0 Å². The van der Waals surface area contributed by atoms with Crippen molar-refractivity contribution < 1.29 is 5.11 Å². The van der Waals surface area contributed by atoms with Crippen LogP contribution in [0, 0.1) is 16.7 Å². The van der Waals surface area contributed by atoms with Gasteiger partial charge in [0.1, 0.15) is 0 Å². The molecule has 2 aromatic rings. The van der Waals surface area contributed by atoms with Gasteiger partial charge in [-0.2, -0.15) is 0 Å². The van der Waals surface area contributed by atoms with Crippen LogP contribution in [0.1, 0.15) is 45.6 Å². The quantitative estimate of drug-likeness (QED) is 0.706. The SMILES string of the molecule is CC1(C)C2CCC1(C)C(O)(c1ccccc1-c1cccc(Cl)c1)C2. The van der Waals surface area contributed by atoms with Crippen LogP contribution in [0.4, 0.5) is 0 Å². The van der Waals surface area contributed by atoms with Crippen LogP contribution in [0.5, 0.6) is 0 Å². The third kappa shape index (κ3) is 1.92. The zero-order chi connectivity index (χ0) is 17.2. The van der Waals surface area contributed by atoms with Gasteiger partial charge in [-0.15, -0.1) is 0 Å². The topological polar surface area (TPSA) is 20.2 Å². The normalized spacial score (nSPS) is 33.8. The molecule has 2 heteroatoms.